The molecule has 0 bridgehead atoms. The van der Waals surface area contributed by atoms with Gasteiger partial charge in [-0.25, -0.2) is 4.98 Å². The van der Waals surface area contributed by atoms with Crippen LogP contribution in [0.5, 0.6) is 0 Å². The Balaban J connectivity index is 1.68. The molecule has 1 saturated heterocycles. The fourth-order valence-electron chi connectivity index (χ4n) is 3.47. The van der Waals surface area contributed by atoms with Crippen LogP contribution in [0.3, 0.4) is 0 Å². The van der Waals surface area contributed by atoms with Gasteiger partial charge in [-0.05, 0) is 57.0 Å². The Bertz CT molecular complexity index is 938. The van der Waals surface area contributed by atoms with E-state index < -0.39 is 0 Å². The van der Waals surface area contributed by atoms with Gasteiger partial charge < -0.3 is 9.74 Å². The Morgan fingerprint density at radius 2 is 1.92 bits per heavy atom. The average molecular weight is 348 g/mol. The highest BCUT2D eigenvalue weighted by Gasteiger charge is 2.13. The summed E-state index contributed by atoms with van der Waals surface area (Å²) in [5.41, 5.74) is 6.38. The van der Waals surface area contributed by atoms with Gasteiger partial charge in [-0.1, -0.05) is 17.3 Å². The number of imidazole rings is 1. The van der Waals surface area contributed by atoms with E-state index in [9.17, 15) is 0 Å². The highest BCUT2D eigenvalue weighted by atomic mass is 16.6. The van der Waals surface area contributed by atoms with E-state index in [1.165, 1.54) is 18.5 Å². The van der Waals surface area contributed by atoms with Crippen LogP contribution in [0.1, 0.15) is 32.3 Å². The average Bonchev–Trinajstić information content (AvgIpc) is 3.35. The van der Waals surface area contributed by atoms with Crippen molar-refractivity contribution in [1.82, 2.24) is 9.55 Å². The van der Waals surface area contributed by atoms with E-state index in [0.717, 1.165) is 41.1 Å². The predicted molar refractivity (Wildman–Crippen MR) is 106 cm³/mol. The summed E-state index contributed by atoms with van der Waals surface area (Å²) < 4.78 is 2.15. The molecule has 0 amide bonds. The van der Waals surface area contributed by atoms with Crippen LogP contribution < -0.4 is 4.90 Å². The lowest BCUT2D eigenvalue weighted by molar-refractivity contribution is 0.159. The van der Waals surface area contributed by atoms with Crippen molar-refractivity contribution < 1.29 is 4.84 Å². The quantitative estimate of drug-likeness (QED) is 0.507. The first-order valence-electron chi connectivity index (χ1n) is 9.25. The van der Waals surface area contributed by atoms with Crippen LogP contribution in [0.25, 0.3) is 16.7 Å². The third kappa shape index (κ3) is 3.17. The first kappa shape index (κ1) is 16.6. The molecular weight excluding hydrogens is 324 g/mol. The number of fused-ring (bicyclic) bond motifs is 1. The maximum Gasteiger partial charge on any atom is 0.114 e. The molecule has 1 aliphatic heterocycles. The minimum Gasteiger partial charge on any atom is -0.396 e. The van der Waals surface area contributed by atoms with E-state index in [-0.39, 0.29) is 0 Å². The molecule has 0 radical (unpaired) electrons. The number of rotatable bonds is 5. The lowest BCUT2D eigenvalue weighted by Gasteiger charge is -2.18. The second kappa shape index (κ2) is 7.20. The van der Waals surface area contributed by atoms with Crippen LogP contribution in [0, 0.1) is 0 Å². The molecular formula is C21H24N4O. The molecule has 2 aromatic carbocycles. The molecule has 1 aliphatic rings. The standard InChI is InChI=1S/C21H24N4O/c1-3-26-23-16(2)17-9-10-21-20(13-17)22-15-25(21)19-8-6-7-18(14-19)24-11-4-5-12-24/h6-10,13-15H,3-5,11-12H2,1-2H3. The molecule has 0 aliphatic carbocycles. The van der Waals surface area contributed by atoms with Crippen LogP contribution in [0.2, 0.25) is 0 Å². The molecule has 0 atom stereocenters. The maximum absolute atomic E-state index is 5.16. The van der Waals surface area contributed by atoms with Gasteiger partial charge in [0, 0.05) is 30.0 Å². The number of oxime groups is 1. The third-order valence-corrected chi connectivity index (χ3v) is 4.87. The van der Waals surface area contributed by atoms with Crippen molar-refractivity contribution in [3.63, 3.8) is 0 Å². The number of nitrogens with zero attached hydrogens (tertiary/aromatic N) is 4. The van der Waals surface area contributed by atoms with Crippen molar-refractivity contribution in [3.8, 4) is 5.69 Å². The van der Waals surface area contributed by atoms with Gasteiger partial charge in [0.2, 0.25) is 0 Å². The van der Waals surface area contributed by atoms with Crippen LogP contribution in [0.15, 0.2) is 53.9 Å². The normalized spacial score (nSPS) is 15.0. The van der Waals surface area contributed by atoms with Gasteiger partial charge in [0.05, 0.1) is 16.7 Å². The van der Waals surface area contributed by atoms with Crippen molar-refractivity contribution >= 4 is 22.4 Å². The Hall–Kier alpha value is -2.82. The smallest absolute Gasteiger partial charge is 0.114 e. The number of hydrogen-bond donors (Lipinski definition) is 0. The van der Waals surface area contributed by atoms with Gasteiger partial charge in [-0.15, -0.1) is 0 Å². The van der Waals surface area contributed by atoms with E-state index in [4.69, 9.17) is 4.84 Å². The Morgan fingerprint density at radius 3 is 2.73 bits per heavy atom. The molecule has 2 heterocycles. The second-order valence-electron chi connectivity index (χ2n) is 6.63. The molecule has 0 saturated carbocycles. The highest BCUT2D eigenvalue weighted by Crippen LogP contribution is 2.25. The van der Waals surface area contributed by atoms with E-state index in [0.29, 0.717) is 6.61 Å². The fraction of sp³-hybridized carbons (Fsp3) is 0.333. The van der Waals surface area contributed by atoms with Crippen LogP contribution >= 0.6 is 0 Å². The van der Waals surface area contributed by atoms with Crippen molar-refractivity contribution in [2.24, 2.45) is 5.16 Å². The molecule has 134 valence electrons. The molecule has 5 heteroatoms. The predicted octanol–water partition coefficient (Wildman–Crippen LogP) is 4.39. The van der Waals surface area contributed by atoms with Crippen molar-refractivity contribution in [2.45, 2.75) is 26.7 Å². The van der Waals surface area contributed by atoms with Gasteiger partial charge in [0.25, 0.3) is 0 Å². The Kier molecular flexibility index (Phi) is 4.61. The third-order valence-electron chi connectivity index (χ3n) is 4.87. The summed E-state index contributed by atoms with van der Waals surface area (Å²) in [7, 11) is 0. The fourth-order valence-corrected chi connectivity index (χ4v) is 3.47. The lowest BCUT2D eigenvalue weighted by Crippen LogP contribution is -2.17. The minimum atomic E-state index is 0.571. The molecule has 1 fully saturated rings. The van der Waals surface area contributed by atoms with Gasteiger partial charge in [0.1, 0.15) is 12.9 Å². The van der Waals surface area contributed by atoms with Gasteiger partial charge in [-0.2, -0.15) is 0 Å². The molecule has 0 unspecified atom stereocenters. The molecule has 0 spiro atoms. The van der Waals surface area contributed by atoms with Gasteiger partial charge in [0.15, 0.2) is 0 Å². The van der Waals surface area contributed by atoms with Crippen molar-refractivity contribution in [3.05, 3.63) is 54.4 Å². The van der Waals surface area contributed by atoms with Gasteiger partial charge >= 0.3 is 0 Å². The van der Waals surface area contributed by atoms with Crippen molar-refractivity contribution in [1.29, 1.82) is 0 Å². The number of aromatic nitrogens is 2. The second-order valence-corrected chi connectivity index (χ2v) is 6.63. The summed E-state index contributed by atoms with van der Waals surface area (Å²) in [6.45, 7) is 6.75. The van der Waals surface area contributed by atoms with E-state index in [1.54, 1.807) is 0 Å². The Labute approximate surface area is 153 Å². The van der Waals surface area contributed by atoms with E-state index in [2.05, 4.69) is 62.1 Å². The van der Waals surface area contributed by atoms with Crippen molar-refractivity contribution in [2.75, 3.05) is 24.6 Å². The first-order chi connectivity index (χ1) is 12.8. The van der Waals surface area contributed by atoms with Crippen LogP contribution in [0.4, 0.5) is 5.69 Å². The summed E-state index contributed by atoms with van der Waals surface area (Å²) >= 11 is 0. The number of hydrogen-bond acceptors (Lipinski definition) is 4. The highest BCUT2D eigenvalue weighted by molar-refractivity contribution is 6.00. The zero-order chi connectivity index (χ0) is 17.9. The first-order valence-corrected chi connectivity index (χ1v) is 9.25. The van der Waals surface area contributed by atoms with Crippen LogP contribution in [-0.2, 0) is 4.84 Å². The minimum absolute atomic E-state index is 0.571. The van der Waals surface area contributed by atoms with Crippen LogP contribution in [-0.4, -0.2) is 35.0 Å². The number of anilines is 1. The lowest BCUT2D eigenvalue weighted by atomic mass is 10.1. The summed E-state index contributed by atoms with van der Waals surface area (Å²) in [5, 5.41) is 4.12. The topological polar surface area (TPSA) is 42.7 Å². The molecule has 4 rings (SSSR count). The molecule has 1 aromatic heterocycles. The summed E-state index contributed by atoms with van der Waals surface area (Å²) in [4.78, 5) is 12.2. The molecule has 3 aromatic rings. The maximum atomic E-state index is 5.16. The monoisotopic (exact) mass is 348 g/mol. The SMILES string of the molecule is CCON=C(C)c1ccc2c(c1)ncn2-c1cccc(N2CCCC2)c1. The van der Waals surface area contributed by atoms with E-state index in [1.807, 2.05) is 20.2 Å². The number of benzene rings is 2. The summed E-state index contributed by atoms with van der Waals surface area (Å²) in [6, 6.07) is 14.9. The zero-order valence-corrected chi connectivity index (χ0v) is 15.4. The van der Waals surface area contributed by atoms with E-state index >= 15 is 0 Å². The molecule has 26 heavy (non-hydrogen) atoms. The summed E-state index contributed by atoms with van der Waals surface area (Å²) in [6.07, 6.45) is 4.46. The van der Waals surface area contributed by atoms with Gasteiger partial charge in [-0.3, -0.25) is 4.57 Å². The molecule has 5 nitrogen and oxygen atoms in total. The largest absolute Gasteiger partial charge is 0.396 e. The zero-order valence-electron chi connectivity index (χ0n) is 15.4. The Morgan fingerprint density at radius 1 is 1.12 bits per heavy atom. The molecule has 0 N–H and O–H groups in total. The summed E-state index contributed by atoms with van der Waals surface area (Å²) in [5.74, 6) is 0.